The van der Waals surface area contributed by atoms with Crippen LogP contribution in [0.3, 0.4) is 0 Å². The average Bonchev–Trinajstić information content (AvgIpc) is 2.57. The molecule has 0 bridgehead atoms. The zero-order chi connectivity index (χ0) is 18.4. The van der Waals surface area contributed by atoms with E-state index in [2.05, 4.69) is 10.6 Å². The van der Waals surface area contributed by atoms with Crippen LogP contribution in [0.25, 0.3) is 0 Å². The van der Waals surface area contributed by atoms with Crippen LogP contribution in [0.2, 0.25) is 10.0 Å². The van der Waals surface area contributed by atoms with Crippen molar-refractivity contribution in [2.75, 3.05) is 24.9 Å². The van der Waals surface area contributed by atoms with Gasteiger partial charge in [0.25, 0.3) is 0 Å². The van der Waals surface area contributed by atoms with Crippen LogP contribution in [0, 0.1) is 0 Å². The van der Waals surface area contributed by atoms with Gasteiger partial charge < -0.3 is 20.1 Å². The topological polar surface area (TPSA) is 76.7 Å². The van der Waals surface area contributed by atoms with Crippen LogP contribution in [-0.4, -0.2) is 26.0 Å². The van der Waals surface area contributed by atoms with Crippen molar-refractivity contribution < 1.29 is 19.1 Å². The number of ether oxygens (including phenoxy) is 2. The summed E-state index contributed by atoms with van der Waals surface area (Å²) in [5.41, 5.74) is 0.904. The second-order valence-corrected chi connectivity index (χ2v) is 5.81. The van der Waals surface area contributed by atoms with Crippen LogP contribution in [0.4, 0.5) is 11.4 Å². The molecule has 132 valence electrons. The normalized spacial score (nSPS) is 10.1. The Kier molecular flexibility index (Phi) is 6.50. The summed E-state index contributed by atoms with van der Waals surface area (Å²) in [7, 11) is 2.90. The molecule has 2 aromatic carbocycles. The Bertz CT molecular complexity index is 779. The van der Waals surface area contributed by atoms with Crippen LogP contribution in [0.15, 0.2) is 36.4 Å². The van der Waals surface area contributed by atoms with E-state index in [4.69, 9.17) is 32.7 Å². The standard InChI is InChI=1S/C17H16Cl2N2O4/c1-24-14-8-13(15(25-2)7-12(14)19)21-17(23)9-16(22)20-11-5-3-10(18)4-6-11/h3-8H,9H2,1-2H3,(H,20,22)(H,21,23). The molecule has 0 spiro atoms. The Morgan fingerprint density at radius 2 is 1.52 bits per heavy atom. The van der Waals surface area contributed by atoms with E-state index in [1.54, 1.807) is 24.3 Å². The number of hydrogen-bond acceptors (Lipinski definition) is 4. The van der Waals surface area contributed by atoms with Crippen molar-refractivity contribution in [2.45, 2.75) is 6.42 Å². The maximum absolute atomic E-state index is 12.1. The quantitative estimate of drug-likeness (QED) is 0.740. The second kappa shape index (κ2) is 8.60. The fourth-order valence-electron chi connectivity index (χ4n) is 2.04. The summed E-state index contributed by atoms with van der Waals surface area (Å²) in [6.45, 7) is 0. The number of carbonyl (C=O) groups is 2. The van der Waals surface area contributed by atoms with Gasteiger partial charge in [0, 0.05) is 22.8 Å². The van der Waals surface area contributed by atoms with Gasteiger partial charge >= 0.3 is 0 Å². The van der Waals surface area contributed by atoms with E-state index in [-0.39, 0.29) is 6.42 Å². The molecule has 0 heterocycles. The van der Waals surface area contributed by atoms with Gasteiger partial charge in [-0.15, -0.1) is 0 Å². The molecule has 2 N–H and O–H groups in total. The number of halogens is 2. The summed E-state index contributed by atoms with van der Waals surface area (Å²) in [6.07, 6.45) is -0.364. The lowest BCUT2D eigenvalue weighted by molar-refractivity contribution is -0.123. The smallest absolute Gasteiger partial charge is 0.233 e. The third kappa shape index (κ3) is 5.27. The third-order valence-corrected chi connectivity index (χ3v) is 3.74. The van der Waals surface area contributed by atoms with Crippen molar-refractivity contribution in [3.05, 3.63) is 46.4 Å². The van der Waals surface area contributed by atoms with Gasteiger partial charge in [0.1, 0.15) is 17.9 Å². The van der Waals surface area contributed by atoms with E-state index in [9.17, 15) is 9.59 Å². The summed E-state index contributed by atoms with van der Waals surface area (Å²) in [5.74, 6) is -0.227. The number of methoxy groups -OCH3 is 2. The lowest BCUT2D eigenvalue weighted by Crippen LogP contribution is -2.21. The van der Waals surface area contributed by atoms with Crippen molar-refractivity contribution in [3.63, 3.8) is 0 Å². The Morgan fingerprint density at radius 3 is 2.12 bits per heavy atom. The van der Waals surface area contributed by atoms with E-state index in [1.165, 1.54) is 26.4 Å². The van der Waals surface area contributed by atoms with Crippen LogP contribution in [0.1, 0.15) is 6.42 Å². The number of nitrogens with one attached hydrogen (secondary N) is 2. The molecule has 0 aromatic heterocycles. The van der Waals surface area contributed by atoms with E-state index in [1.807, 2.05) is 0 Å². The van der Waals surface area contributed by atoms with Crippen LogP contribution < -0.4 is 20.1 Å². The van der Waals surface area contributed by atoms with Gasteiger partial charge in [0.2, 0.25) is 11.8 Å². The highest BCUT2D eigenvalue weighted by molar-refractivity contribution is 6.32. The molecule has 6 nitrogen and oxygen atoms in total. The van der Waals surface area contributed by atoms with Crippen molar-refractivity contribution in [1.29, 1.82) is 0 Å². The largest absolute Gasteiger partial charge is 0.495 e. The van der Waals surface area contributed by atoms with Gasteiger partial charge in [-0.1, -0.05) is 23.2 Å². The van der Waals surface area contributed by atoms with Crippen molar-refractivity contribution >= 4 is 46.4 Å². The maximum atomic E-state index is 12.1. The highest BCUT2D eigenvalue weighted by Crippen LogP contribution is 2.35. The maximum Gasteiger partial charge on any atom is 0.233 e. The molecule has 0 saturated carbocycles. The first-order chi connectivity index (χ1) is 11.9. The first-order valence-electron chi connectivity index (χ1n) is 7.19. The van der Waals surface area contributed by atoms with Gasteiger partial charge in [0.15, 0.2) is 0 Å². The SMILES string of the molecule is COc1cc(NC(=O)CC(=O)Nc2ccc(Cl)cc2)c(OC)cc1Cl. The summed E-state index contributed by atoms with van der Waals surface area (Å²) in [5, 5.41) is 6.12. The second-order valence-electron chi connectivity index (χ2n) is 4.97. The van der Waals surface area contributed by atoms with Gasteiger partial charge in [0.05, 0.1) is 24.9 Å². The minimum Gasteiger partial charge on any atom is -0.495 e. The van der Waals surface area contributed by atoms with E-state index in [0.29, 0.717) is 32.9 Å². The fourth-order valence-corrected chi connectivity index (χ4v) is 2.39. The molecule has 0 atom stereocenters. The predicted molar refractivity (Wildman–Crippen MR) is 97.9 cm³/mol. The molecule has 25 heavy (non-hydrogen) atoms. The van der Waals surface area contributed by atoms with E-state index < -0.39 is 11.8 Å². The van der Waals surface area contributed by atoms with Gasteiger partial charge in [-0.25, -0.2) is 0 Å². The van der Waals surface area contributed by atoms with Gasteiger partial charge in [-0.3, -0.25) is 9.59 Å². The molecule has 0 unspecified atom stereocenters. The molecule has 0 aliphatic heterocycles. The summed E-state index contributed by atoms with van der Waals surface area (Å²) >= 11 is 11.8. The lowest BCUT2D eigenvalue weighted by Gasteiger charge is -2.13. The number of carbonyl (C=O) groups excluding carboxylic acids is 2. The summed E-state index contributed by atoms with van der Waals surface area (Å²) in [4.78, 5) is 24.0. The molecule has 0 radical (unpaired) electrons. The molecule has 2 aromatic rings. The zero-order valence-corrected chi connectivity index (χ0v) is 15.1. The number of rotatable bonds is 6. The third-order valence-electron chi connectivity index (χ3n) is 3.20. The van der Waals surface area contributed by atoms with E-state index >= 15 is 0 Å². The average molecular weight is 383 g/mol. The Morgan fingerprint density at radius 1 is 0.920 bits per heavy atom. The predicted octanol–water partition coefficient (Wildman–Crippen LogP) is 3.98. The van der Waals surface area contributed by atoms with Gasteiger partial charge in [-0.2, -0.15) is 0 Å². The highest BCUT2D eigenvalue weighted by Gasteiger charge is 2.15. The first-order valence-corrected chi connectivity index (χ1v) is 7.95. The summed E-state index contributed by atoms with van der Waals surface area (Å²) in [6, 6.07) is 9.61. The highest BCUT2D eigenvalue weighted by atomic mass is 35.5. The fraction of sp³-hybridized carbons (Fsp3) is 0.176. The van der Waals surface area contributed by atoms with Gasteiger partial charge in [-0.05, 0) is 24.3 Å². The lowest BCUT2D eigenvalue weighted by atomic mass is 10.2. The molecule has 0 fully saturated rings. The first kappa shape index (κ1) is 18.9. The minimum atomic E-state index is -0.505. The minimum absolute atomic E-state index is 0.345. The van der Waals surface area contributed by atoms with Crippen molar-refractivity contribution in [1.82, 2.24) is 0 Å². The number of anilines is 2. The molecule has 8 heteroatoms. The van der Waals surface area contributed by atoms with Crippen molar-refractivity contribution in [3.8, 4) is 11.5 Å². The molecule has 0 aliphatic carbocycles. The Balaban J connectivity index is 2.02. The molecule has 0 aliphatic rings. The molecule has 2 rings (SSSR count). The van der Waals surface area contributed by atoms with Crippen LogP contribution >= 0.6 is 23.2 Å². The molecule has 2 amide bonds. The Hall–Kier alpha value is -2.44. The number of amides is 2. The number of benzene rings is 2. The molecular formula is C17H16Cl2N2O4. The number of hydrogen-bond donors (Lipinski definition) is 2. The monoisotopic (exact) mass is 382 g/mol. The van der Waals surface area contributed by atoms with Crippen LogP contribution in [0.5, 0.6) is 11.5 Å². The molecule has 0 saturated heterocycles. The Labute approximate surface area is 155 Å². The molecular weight excluding hydrogens is 367 g/mol. The summed E-state index contributed by atoms with van der Waals surface area (Å²) < 4.78 is 10.3. The van der Waals surface area contributed by atoms with Crippen molar-refractivity contribution in [2.24, 2.45) is 0 Å². The zero-order valence-electron chi connectivity index (χ0n) is 13.6. The van der Waals surface area contributed by atoms with E-state index in [0.717, 1.165) is 0 Å². The van der Waals surface area contributed by atoms with Crippen LogP contribution in [-0.2, 0) is 9.59 Å².